The molecule has 0 saturated heterocycles. The molecule has 208 valence electrons. The van der Waals surface area contributed by atoms with Gasteiger partial charge in [-0.05, 0) is 42.5 Å². The van der Waals surface area contributed by atoms with E-state index in [0.29, 0.717) is 6.07 Å². The third kappa shape index (κ3) is 6.48. The topological polar surface area (TPSA) is 214 Å². The van der Waals surface area contributed by atoms with Crippen LogP contribution in [0.1, 0.15) is 31.1 Å². The minimum Gasteiger partial charge on any atom is -0.465 e. The van der Waals surface area contributed by atoms with E-state index in [1.54, 1.807) is 0 Å². The van der Waals surface area contributed by atoms with Gasteiger partial charge in [-0.3, -0.25) is 29.7 Å². The average molecular weight is 593 g/mol. The van der Waals surface area contributed by atoms with E-state index in [9.17, 15) is 43.0 Å². The fourth-order valence-corrected chi connectivity index (χ4v) is 4.54. The standard InChI is InChI=1S/C23H17ClN4O11S/c1-38-22(30)12-7-13(23(31)39-2)9-14(8-12)26-40(36,37)16-4-6-18(24)19(11-16)25-21(29)17-5-3-15(27(32)33)10-20(17)28(34)35/h3-11,26H,1-2H3,(H,25,29). The van der Waals surface area contributed by atoms with Gasteiger partial charge in [-0.25, -0.2) is 18.0 Å². The Kier molecular flexibility index (Phi) is 8.65. The Morgan fingerprint density at radius 1 is 0.850 bits per heavy atom. The number of anilines is 2. The smallest absolute Gasteiger partial charge is 0.337 e. The lowest BCUT2D eigenvalue weighted by Crippen LogP contribution is -2.17. The summed E-state index contributed by atoms with van der Waals surface area (Å²) in [6, 6.07) is 8.89. The van der Waals surface area contributed by atoms with Crippen molar-refractivity contribution in [1.82, 2.24) is 0 Å². The molecule has 17 heteroatoms. The highest BCUT2D eigenvalue weighted by molar-refractivity contribution is 7.92. The molecule has 0 radical (unpaired) electrons. The molecule has 0 spiro atoms. The number of ether oxygens (including phenoxy) is 2. The second kappa shape index (κ2) is 11.7. The van der Waals surface area contributed by atoms with Crippen molar-refractivity contribution in [2.24, 2.45) is 0 Å². The van der Waals surface area contributed by atoms with Crippen LogP contribution in [0, 0.1) is 20.2 Å². The van der Waals surface area contributed by atoms with Crippen molar-refractivity contribution in [1.29, 1.82) is 0 Å². The van der Waals surface area contributed by atoms with Gasteiger partial charge in [-0.2, -0.15) is 0 Å². The van der Waals surface area contributed by atoms with Gasteiger partial charge in [0.15, 0.2) is 0 Å². The van der Waals surface area contributed by atoms with Crippen LogP contribution in [0.2, 0.25) is 5.02 Å². The molecule has 0 bridgehead atoms. The number of non-ortho nitro benzene ring substituents is 1. The molecule has 0 aliphatic carbocycles. The molecule has 1 amide bonds. The zero-order valence-corrected chi connectivity index (χ0v) is 21.9. The summed E-state index contributed by atoms with van der Waals surface area (Å²) >= 11 is 6.09. The number of hydrogen-bond acceptors (Lipinski definition) is 11. The molecule has 0 fully saturated rings. The number of nitro benzene ring substituents is 2. The van der Waals surface area contributed by atoms with Crippen molar-refractivity contribution in [2.75, 3.05) is 24.3 Å². The fraction of sp³-hybridized carbons (Fsp3) is 0.0870. The largest absolute Gasteiger partial charge is 0.465 e. The summed E-state index contributed by atoms with van der Waals surface area (Å²) in [5, 5.41) is 24.4. The van der Waals surface area contributed by atoms with E-state index in [2.05, 4.69) is 19.5 Å². The van der Waals surface area contributed by atoms with Crippen LogP contribution in [0.15, 0.2) is 59.5 Å². The van der Waals surface area contributed by atoms with E-state index >= 15 is 0 Å². The molecular formula is C23H17ClN4O11S. The van der Waals surface area contributed by atoms with Gasteiger partial charge in [0, 0.05) is 6.07 Å². The lowest BCUT2D eigenvalue weighted by Gasteiger charge is -2.13. The van der Waals surface area contributed by atoms with Crippen molar-refractivity contribution in [3.63, 3.8) is 0 Å². The number of carbonyl (C=O) groups is 3. The van der Waals surface area contributed by atoms with E-state index < -0.39 is 59.5 Å². The molecule has 0 aliphatic rings. The quantitative estimate of drug-likeness (QED) is 0.207. The molecule has 3 aromatic carbocycles. The molecule has 2 N–H and O–H groups in total. The number of halogens is 1. The number of amides is 1. The van der Waals surface area contributed by atoms with Crippen molar-refractivity contribution in [3.05, 3.63) is 96.5 Å². The molecule has 0 unspecified atom stereocenters. The van der Waals surface area contributed by atoms with Crippen molar-refractivity contribution in [3.8, 4) is 0 Å². The number of methoxy groups -OCH3 is 2. The zero-order chi connectivity index (χ0) is 29.8. The van der Waals surface area contributed by atoms with Crippen LogP contribution in [0.25, 0.3) is 0 Å². The normalized spacial score (nSPS) is 10.8. The Morgan fingerprint density at radius 2 is 1.45 bits per heavy atom. The Balaban J connectivity index is 1.97. The molecule has 0 aromatic heterocycles. The fourth-order valence-electron chi connectivity index (χ4n) is 3.31. The monoisotopic (exact) mass is 592 g/mol. The number of carbonyl (C=O) groups excluding carboxylic acids is 3. The first-order valence-corrected chi connectivity index (χ1v) is 12.5. The van der Waals surface area contributed by atoms with Gasteiger partial charge in [0.2, 0.25) is 0 Å². The van der Waals surface area contributed by atoms with E-state index in [-0.39, 0.29) is 27.5 Å². The Morgan fingerprint density at radius 3 is 1.98 bits per heavy atom. The summed E-state index contributed by atoms with van der Waals surface area (Å²) in [7, 11) is -2.26. The van der Waals surface area contributed by atoms with Crippen LogP contribution in [-0.2, 0) is 19.5 Å². The Labute approximate surface area is 230 Å². The van der Waals surface area contributed by atoms with E-state index in [1.165, 1.54) is 0 Å². The zero-order valence-electron chi connectivity index (χ0n) is 20.4. The van der Waals surface area contributed by atoms with Crippen LogP contribution < -0.4 is 10.0 Å². The van der Waals surface area contributed by atoms with E-state index in [1.807, 2.05) is 0 Å². The number of hydrogen-bond donors (Lipinski definition) is 2. The predicted octanol–water partition coefficient (Wildman–Crippen LogP) is 3.78. The molecule has 0 heterocycles. The van der Waals surface area contributed by atoms with Crippen LogP contribution in [0.3, 0.4) is 0 Å². The van der Waals surface area contributed by atoms with E-state index in [0.717, 1.165) is 62.8 Å². The predicted molar refractivity (Wildman–Crippen MR) is 139 cm³/mol. The number of sulfonamides is 1. The van der Waals surface area contributed by atoms with Gasteiger partial charge in [0.05, 0.1) is 62.6 Å². The van der Waals surface area contributed by atoms with Gasteiger partial charge in [0.1, 0.15) is 5.56 Å². The van der Waals surface area contributed by atoms with Crippen LogP contribution in [-0.4, -0.2) is 50.3 Å². The lowest BCUT2D eigenvalue weighted by molar-refractivity contribution is -0.394. The number of esters is 2. The third-order valence-corrected chi connectivity index (χ3v) is 6.87. The molecule has 0 atom stereocenters. The Bertz CT molecular complexity index is 1640. The molecular weight excluding hydrogens is 576 g/mol. The molecule has 0 aliphatic heterocycles. The minimum atomic E-state index is -4.44. The van der Waals surface area contributed by atoms with Crippen molar-refractivity contribution < 1.29 is 42.1 Å². The number of nitrogens with zero attached hydrogens (tertiary/aromatic N) is 2. The molecule has 40 heavy (non-hydrogen) atoms. The van der Waals surface area contributed by atoms with Crippen LogP contribution >= 0.6 is 11.6 Å². The first-order valence-electron chi connectivity index (χ1n) is 10.7. The van der Waals surface area contributed by atoms with Crippen LogP contribution in [0.4, 0.5) is 22.7 Å². The van der Waals surface area contributed by atoms with Crippen molar-refractivity contribution in [2.45, 2.75) is 4.90 Å². The summed E-state index contributed by atoms with van der Waals surface area (Å²) in [5.74, 6) is -2.81. The van der Waals surface area contributed by atoms with Gasteiger partial charge in [-0.1, -0.05) is 11.6 Å². The SMILES string of the molecule is COC(=O)c1cc(NS(=O)(=O)c2ccc(Cl)c(NC(=O)c3ccc([N+](=O)[O-])cc3[N+](=O)[O-])c2)cc(C(=O)OC)c1. The minimum absolute atomic E-state index is 0.141. The number of rotatable bonds is 9. The summed E-state index contributed by atoms with van der Waals surface area (Å²) < 4.78 is 37.7. The highest BCUT2D eigenvalue weighted by Gasteiger charge is 2.26. The summed E-state index contributed by atoms with van der Waals surface area (Å²) in [6.07, 6.45) is 0. The van der Waals surface area contributed by atoms with Gasteiger partial charge in [-0.15, -0.1) is 0 Å². The maximum Gasteiger partial charge on any atom is 0.337 e. The van der Waals surface area contributed by atoms with E-state index in [4.69, 9.17) is 11.6 Å². The first-order chi connectivity index (χ1) is 18.8. The highest BCUT2D eigenvalue weighted by atomic mass is 35.5. The molecule has 15 nitrogen and oxygen atoms in total. The van der Waals surface area contributed by atoms with Crippen molar-refractivity contribution >= 4 is 62.2 Å². The molecule has 0 saturated carbocycles. The second-order valence-corrected chi connectivity index (χ2v) is 9.79. The Hall–Kier alpha value is -5.09. The van der Waals surface area contributed by atoms with Gasteiger partial charge < -0.3 is 14.8 Å². The summed E-state index contributed by atoms with van der Waals surface area (Å²) in [6.45, 7) is 0. The maximum absolute atomic E-state index is 13.1. The first kappa shape index (κ1) is 29.5. The highest BCUT2D eigenvalue weighted by Crippen LogP contribution is 2.30. The summed E-state index contributed by atoms with van der Waals surface area (Å²) in [5.41, 5.74) is -2.81. The lowest BCUT2D eigenvalue weighted by atomic mass is 10.1. The van der Waals surface area contributed by atoms with Gasteiger partial charge in [0.25, 0.3) is 27.3 Å². The number of nitro groups is 2. The third-order valence-electron chi connectivity index (χ3n) is 5.16. The summed E-state index contributed by atoms with van der Waals surface area (Å²) in [4.78, 5) is 56.8. The van der Waals surface area contributed by atoms with Gasteiger partial charge >= 0.3 is 11.9 Å². The molecule has 3 aromatic rings. The number of benzene rings is 3. The average Bonchev–Trinajstić information content (AvgIpc) is 2.92. The molecule has 3 rings (SSSR count). The number of nitrogens with one attached hydrogen (secondary N) is 2. The maximum atomic E-state index is 13.1. The second-order valence-electron chi connectivity index (χ2n) is 7.70. The van der Waals surface area contributed by atoms with Crippen LogP contribution in [0.5, 0.6) is 0 Å².